The molecular weight excluding hydrogens is 325 g/mol. The van der Waals surface area contributed by atoms with E-state index >= 15 is 0 Å². The van der Waals surface area contributed by atoms with Crippen molar-refractivity contribution in [3.63, 3.8) is 0 Å². The zero-order chi connectivity index (χ0) is 17.6. The molecule has 0 aromatic heterocycles. The Balaban J connectivity index is 2.25. The highest BCUT2D eigenvalue weighted by atomic mass is 19.1. The maximum atomic E-state index is 13.5. The topological polar surface area (TPSA) is 105 Å². The normalized spacial score (nSPS) is 24.3. The molecule has 2 atom stereocenters. The minimum atomic E-state index is -2.39. The van der Waals surface area contributed by atoms with Gasteiger partial charge in [-0.2, -0.15) is 0 Å². The first-order valence-corrected chi connectivity index (χ1v) is 7.01. The van der Waals surface area contributed by atoms with Gasteiger partial charge in [0.05, 0.1) is 18.6 Å². The first-order valence-electron chi connectivity index (χ1n) is 7.01. The number of carbonyl (C=O) groups is 3. The van der Waals surface area contributed by atoms with Gasteiger partial charge < -0.3 is 14.3 Å². The number of hydrogen-bond donors (Lipinski definition) is 0. The molecule has 0 bridgehead atoms. The van der Waals surface area contributed by atoms with E-state index in [-0.39, 0.29) is 22.6 Å². The predicted molar refractivity (Wildman–Crippen MR) is 74.6 cm³/mol. The number of rotatable bonds is 3. The quantitative estimate of drug-likeness (QED) is 0.449. The molecule has 1 heterocycles. The molecule has 0 spiro atoms. The van der Waals surface area contributed by atoms with Gasteiger partial charge in [-0.15, -0.1) is 0 Å². The largest absolute Gasteiger partial charge is 0.464 e. The van der Waals surface area contributed by atoms with Gasteiger partial charge in [0.1, 0.15) is 11.7 Å². The van der Waals surface area contributed by atoms with Crippen molar-refractivity contribution < 1.29 is 38.0 Å². The number of nitrogens with zero attached hydrogens (tertiary/aromatic N) is 1. The number of benzene rings is 1. The number of ether oxygens (including phenoxy) is 2. The summed E-state index contributed by atoms with van der Waals surface area (Å²) in [4.78, 5) is 41.9. The molecule has 1 aromatic carbocycles. The molecule has 9 heteroatoms. The van der Waals surface area contributed by atoms with Crippen LogP contribution >= 0.6 is 0 Å². The fraction of sp³-hybridized carbons (Fsp3) is 0.333. The minimum Gasteiger partial charge on any atom is -0.464 e. The Hall–Kier alpha value is -2.97. The van der Waals surface area contributed by atoms with Gasteiger partial charge in [-0.1, -0.05) is 6.07 Å². The molecule has 8 nitrogen and oxygen atoms in total. The lowest BCUT2D eigenvalue weighted by Crippen LogP contribution is -2.50. The average molecular weight is 337 g/mol. The Bertz CT molecular complexity index is 803. The van der Waals surface area contributed by atoms with E-state index in [0.29, 0.717) is 0 Å². The second-order valence-corrected chi connectivity index (χ2v) is 5.18. The van der Waals surface area contributed by atoms with Gasteiger partial charge in [-0.25, -0.2) is 14.0 Å². The Morgan fingerprint density at radius 2 is 2.17 bits per heavy atom. The van der Waals surface area contributed by atoms with Crippen molar-refractivity contribution in [2.75, 3.05) is 13.7 Å². The van der Waals surface area contributed by atoms with Gasteiger partial charge in [0.25, 0.3) is 5.60 Å². The number of methoxy groups -OCH3 is 1. The first kappa shape index (κ1) is 15.9. The minimum absolute atomic E-state index is 0.0823. The lowest BCUT2D eigenvalue weighted by atomic mass is 9.84. The molecule has 126 valence electrons. The summed E-state index contributed by atoms with van der Waals surface area (Å²) in [5.74, 6) is -5.22. The molecule has 1 aromatic rings. The summed E-state index contributed by atoms with van der Waals surface area (Å²) < 4.78 is 22.9. The van der Waals surface area contributed by atoms with E-state index in [0.717, 1.165) is 19.2 Å². The summed E-state index contributed by atoms with van der Waals surface area (Å²) in [6.45, 7) is 1.42. The molecule has 2 aliphatic rings. The van der Waals surface area contributed by atoms with E-state index in [1.165, 1.54) is 13.0 Å². The number of esters is 2. The maximum absolute atomic E-state index is 13.5. The van der Waals surface area contributed by atoms with Crippen LogP contribution in [0.2, 0.25) is 0 Å². The van der Waals surface area contributed by atoms with E-state index in [2.05, 4.69) is 4.74 Å². The van der Waals surface area contributed by atoms with Crippen LogP contribution in [-0.4, -0.2) is 47.7 Å². The molecule has 24 heavy (non-hydrogen) atoms. The fourth-order valence-electron chi connectivity index (χ4n) is 3.03. The molecule has 0 amide bonds. The van der Waals surface area contributed by atoms with Crippen LogP contribution in [0.1, 0.15) is 28.8 Å². The summed E-state index contributed by atoms with van der Waals surface area (Å²) in [5.41, 5.74) is -3.00. The average Bonchev–Trinajstić information content (AvgIpc) is 2.98. The zero-order valence-electron chi connectivity index (χ0n) is 12.7. The molecule has 1 aliphatic carbocycles. The van der Waals surface area contributed by atoms with Crippen LogP contribution in [0.3, 0.4) is 0 Å². The Morgan fingerprint density at radius 1 is 1.46 bits per heavy atom. The fourth-order valence-corrected chi connectivity index (χ4v) is 3.03. The van der Waals surface area contributed by atoms with E-state index in [1.54, 1.807) is 0 Å². The van der Waals surface area contributed by atoms with Gasteiger partial charge in [-0.05, 0) is 24.6 Å². The summed E-state index contributed by atoms with van der Waals surface area (Å²) in [6, 6.07) is 3.19. The van der Waals surface area contributed by atoms with Crippen molar-refractivity contribution in [1.82, 2.24) is 0 Å². The third kappa shape index (κ3) is 1.84. The number of halogens is 1. The summed E-state index contributed by atoms with van der Waals surface area (Å²) >= 11 is 0. The van der Waals surface area contributed by atoms with Gasteiger partial charge in [0.2, 0.25) is 0 Å². The number of carbonyl (C=O) groups excluding carboxylic acids is 3. The van der Waals surface area contributed by atoms with Crippen molar-refractivity contribution >= 4 is 23.4 Å². The van der Waals surface area contributed by atoms with E-state index < -0.39 is 40.8 Å². The highest BCUT2D eigenvalue weighted by molar-refractivity contribution is 6.41. The number of fused-ring (bicyclic) bond motifs is 3. The van der Waals surface area contributed by atoms with Gasteiger partial charge >= 0.3 is 17.7 Å². The molecule has 0 saturated heterocycles. The van der Waals surface area contributed by atoms with Crippen molar-refractivity contribution in [2.24, 2.45) is 0 Å². The smallest absolute Gasteiger partial charge is 0.405 e. The molecular formula is C15H12FNO7. The predicted octanol–water partition coefficient (Wildman–Crippen LogP) is 0.477. The summed E-state index contributed by atoms with van der Waals surface area (Å²) in [7, 11) is 1.04. The molecule has 0 radical (unpaired) electrons. The van der Waals surface area contributed by atoms with E-state index in [9.17, 15) is 24.0 Å². The lowest BCUT2D eigenvalue weighted by molar-refractivity contribution is -0.743. The summed E-state index contributed by atoms with van der Waals surface area (Å²) in [6.07, 6.45) is 0. The molecule has 3 rings (SSSR count). The Labute approximate surface area is 135 Å². The van der Waals surface area contributed by atoms with Crippen LogP contribution in [0, 0.1) is 11.0 Å². The molecule has 0 saturated carbocycles. The van der Waals surface area contributed by atoms with Crippen LogP contribution in [0.25, 0.3) is 0 Å². The first-order chi connectivity index (χ1) is 11.4. The Morgan fingerprint density at radius 3 is 2.79 bits per heavy atom. The highest BCUT2D eigenvalue weighted by Crippen LogP contribution is 2.48. The lowest BCUT2D eigenvalue weighted by Gasteiger charge is -2.24. The van der Waals surface area contributed by atoms with E-state index in [1.807, 2.05) is 0 Å². The number of ketones is 1. The number of hydrogen-bond acceptors (Lipinski definition) is 7. The molecule has 0 N–H and O–H groups in total. The van der Waals surface area contributed by atoms with E-state index in [4.69, 9.17) is 9.57 Å². The van der Waals surface area contributed by atoms with Crippen LogP contribution in [0.15, 0.2) is 18.2 Å². The second kappa shape index (κ2) is 5.29. The van der Waals surface area contributed by atoms with Gasteiger partial charge in [0.15, 0.2) is 5.78 Å². The van der Waals surface area contributed by atoms with Crippen molar-refractivity contribution in [2.45, 2.75) is 18.4 Å². The van der Waals surface area contributed by atoms with Crippen LogP contribution < -0.4 is 0 Å². The van der Waals surface area contributed by atoms with Crippen LogP contribution in [0.4, 0.5) is 4.39 Å². The number of Topliss-reactive ketones (excluding diaryl/α,β-unsaturated/α-hetero) is 1. The van der Waals surface area contributed by atoms with Crippen LogP contribution in [-0.2, 0) is 23.9 Å². The standard InChI is InChI=1S/C15H12FNO7/c1-3-23-14(20)15-10(11(13(19)22-2)17(21)24-15)8-5-4-7(16)6-9(8)12(15)18/h4-6,10H,3H2,1-2H3/t10-,15+/m0/s1. The van der Waals surface area contributed by atoms with Crippen molar-refractivity contribution in [3.05, 3.63) is 40.4 Å². The zero-order valence-corrected chi connectivity index (χ0v) is 12.7. The van der Waals surface area contributed by atoms with Crippen LogP contribution in [0.5, 0.6) is 0 Å². The maximum Gasteiger partial charge on any atom is 0.405 e. The molecule has 0 fully saturated rings. The van der Waals surface area contributed by atoms with Gasteiger partial charge in [0, 0.05) is 5.56 Å². The van der Waals surface area contributed by atoms with Crippen molar-refractivity contribution in [1.29, 1.82) is 0 Å². The second-order valence-electron chi connectivity index (χ2n) is 5.18. The summed E-state index contributed by atoms with van der Waals surface area (Å²) in [5, 5.41) is 12.0. The molecule has 1 aliphatic heterocycles. The molecule has 0 unspecified atom stereocenters. The monoisotopic (exact) mass is 337 g/mol. The SMILES string of the molecule is CCOC(=O)[C@@]12O[N+]([O-])=C(C(=O)OC)[C@@H]1c1ccc(F)cc1C2=O. The highest BCUT2D eigenvalue weighted by Gasteiger charge is 2.70. The third-order valence-electron chi connectivity index (χ3n) is 3.99. The Kier molecular flexibility index (Phi) is 3.51. The third-order valence-corrected chi connectivity index (χ3v) is 3.99. The van der Waals surface area contributed by atoms with Crippen molar-refractivity contribution in [3.8, 4) is 0 Å². The van der Waals surface area contributed by atoms with Gasteiger partial charge in [-0.3, -0.25) is 10.0 Å².